The van der Waals surface area contributed by atoms with E-state index >= 15 is 0 Å². The number of nitrogens with zero attached hydrogens (tertiary/aromatic N) is 3. The van der Waals surface area contributed by atoms with Crippen LogP contribution in [0.5, 0.6) is 0 Å². The van der Waals surface area contributed by atoms with E-state index in [9.17, 15) is 9.59 Å². The number of aromatic nitrogens is 3. The number of hydrogen-bond acceptors (Lipinski definition) is 4. The second-order valence-electron chi connectivity index (χ2n) is 6.35. The zero-order valence-corrected chi connectivity index (χ0v) is 14.2. The van der Waals surface area contributed by atoms with Crippen molar-refractivity contribution in [3.05, 3.63) is 57.5 Å². The van der Waals surface area contributed by atoms with Crippen LogP contribution in [0.25, 0.3) is 11.0 Å². The van der Waals surface area contributed by atoms with E-state index < -0.39 is 5.91 Å². The molecule has 0 saturated heterocycles. The summed E-state index contributed by atoms with van der Waals surface area (Å²) in [6.45, 7) is 1.77. The van der Waals surface area contributed by atoms with Crippen LogP contribution in [-0.2, 0) is 27.1 Å². The lowest BCUT2D eigenvalue weighted by Crippen LogP contribution is -2.25. The van der Waals surface area contributed by atoms with Crippen molar-refractivity contribution < 1.29 is 4.79 Å². The number of pyridine rings is 1. The van der Waals surface area contributed by atoms with E-state index in [-0.39, 0.29) is 11.0 Å². The molecule has 0 atom stereocenters. The third-order valence-electron chi connectivity index (χ3n) is 4.65. The van der Waals surface area contributed by atoms with Gasteiger partial charge >= 0.3 is 0 Å². The van der Waals surface area contributed by atoms with Gasteiger partial charge in [0.05, 0.1) is 11.6 Å². The third kappa shape index (κ3) is 2.62. The highest BCUT2D eigenvalue weighted by molar-refractivity contribution is 6.05. The Morgan fingerprint density at radius 3 is 2.96 bits per heavy atom. The van der Waals surface area contributed by atoms with Crippen molar-refractivity contribution in [1.29, 1.82) is 0 Å². The summed E-state index contributed by atoms with van der Waals surface area (Å²) < 4.78 is 3.37. The molecule has 1 aromatic carbocycles. The van der Waals surface area contributed by atoms with Crippen molar-refractivity contribution in [1.82, 2.24) is 19.7 Å². The minimum atomic E-state index is -0.407. The number of carbonyl (C=O) groups excluding carboxylic acids is 1. The van der Waals surface area contributed by atoms with Crippen LogP contribution in [-0.4, -0.2) is 26.8 Å². The Morgan fingerprint density at radius 2 is 2.12 bits per heavy atom. The zero-order valence-electron chi connectivity index (χ0n) is 14.2. The first-order chi connectivity index (χ1) is 12.0. The summed E-state index contributed by atoms with van der Waals surface area (Å²) in [6.07, 6.45) is 4.04. The number of benzene rings is 1. The number of aryl methyl sites for hydroxylation is 2. The van der Waals surface area contributed by atoms with Crippen LogP contribution in [0.1, 0.15) is 21.5 Å². The molecule has 3 heterocycles. The molecule has 25 heavy (non-hydrogen) atoms. The van der Waals surface area contributed by atoms with Crippen molar-refractivity contribution in [2.45, 2.75) is 13.0 Å². The minimum absolute atomic E-state index is 0.110. The highest BCUT2D eigenvalue weighted by atomic mass is 16.2. The smallest absolute Gasteiger partial charge is 0.261 e. The van der Waals surface area contributed by atoms with Crippen LogP contribution in [0.3, 0.4) is 0 Å². The highest BCUT2D eigenvalue weighted by Gasteiger charge is 2.17. The fourth-order valence-electron chi connectivity index (χ4n) is 3.39. The molecule has 4 rings (SSSR count). The van der Waals surface area contributed by atoms with Gasteiger partial charge < -0.3 is 15.2 Å². The fraction of sp³-hybridized carbons (Fsp3) is 0.278. The molecular weight excluding hydrogens is 318 g/mol. The molecule has 1 aliphatic heterocycles. The van der Waals surface area contributed by atoms with E-state index in [0.29, 0.717) is 16.7 Å². The molecule has 0 radical (unpaired) electrons. The van der Waals surface area contributed by atoms with Crippen LogP contribution in [0.2, 0.25) is 0 Å². The lowest BCUT2D eigenvalue weighted by molar-refractivity contribution is 0.102. The average Bonchev–Trinajstić information content (AvgIpc) is 3.00. The van der Waals surface area contributed by atoms with E-state index in [1.54, 1.807) is 29.5 Å². The Morgan fingerprint density at radius 1 is 1.28 bits per heavy atom. The Bertz CT molecular complexity index is 1050. The lowest BCUT2D eigenvalue weighted by atomic mass is 10.0. The summed E-state index contributed by atoms with van der Waals surface area (Å²) in [4.78, 5) is 25.3. The number of hydrogen-bond donors (Lipinski definition) is 2. The van der Waals surface area contributed by atoms with Gasteiger partial charge in [-0.1, -0.05) is 6.07 Å². The second-order valence-corrected chi connectivity index (χ2v) is 6.35. The lowest BCUT2D eigenvalue weighted by Gasteiger charge is -2.18. The van der Waals surface area contributed by atoms with Crippen molar-refractivity contribution >= 4 is 22.6 Å². The van der Waals surface area contributed by atoms with E-state index in [0.717, 1.165) is 19.5 Å². The molecule has 0 aliphatic carbocycles. The van der Waals surface area contributed by atoms with Crippen LogP contribution < -0.4 is 16.1 Å². The van der Waals surface area contributed by atoms with Gasteiger partial charge in [-0.25, -0.2) is 0 Å². The molecule has 1 aliphatic rings. The molecule has 0 fully saturated rings. The summed E-state index contributed by atoms with van der Waals surface area (Å²) in [5, 5.41) is 10.7. The van der Waals surface area contributed by atoms with Gasteiger partial charge in [0.15, 0.2) is 0 Å². The summed E-state index contributed by atoms with van der Waals surface area (Å²) >= 11 is 0. The van der Waals surface area contributed by atoms with Crippen LogP contribution in [0.15, 0.2) is 35.4 Å². The van der Waals surface area contributed by atoms with E-state index in [1.807, 2.05) is 18.2 Å². The molecule has 2 aromatic heterocycles. The topological polar surface area (TPSA) is 81.0 Å². The largest absolute Gasteiger partial charge is 0.335 e. The molecule has 128 valence electrons. The average molecular weight is 337 g/mol. The molecule has 0 bridgehead atoms. The first-order valence-electron chi connectivity index (χ1n) is 8.20. The Kier molecular flexibility index (Phi) is 3.65. The minimum Gasteiger partial charge on any atom is -0.335 e. The van der Waals surface area contributed by atoms with Gasteiger partial charge in [-0.05, 0) is 36.2 Å². The van der Waals surface area contributed by atoms with Crippen LogP contribution in [0.4, 0.5) is 5.69 Å². The zero-order chi connectivity index (χ0) is 17.6. The highest BCUT2D eigenvalue weighted by Crippen LogP contribution is 2.19. The number of amides is 1. The van der Waals surface area contributed by atoms with Crippen molar-refractivity contribution in [3.8, 4) is 0 Å². The quantitative estimate of drug-likeness (QED) is 0.736. The number of fused-ring (bicyclic) bond motifs is 2. The SMILES string of the molecule is Cn1cc(C(=O)Nc2ccc3c(c2)CNCC3)c(=O)c2cnn(C)c21. The Balaban J connectivity index is 1.69. The van der Waals surface area contributed by atoms with Crippen molar-refractivity contribution in [2.75, 3.05) is 11.9 Å². The summed E-state index contributed by atoms with van der Waals surface area (Å²) in [5.41, 5.74) is 3.66. The fourth-order valence-corrected chi connectivity index (χ4v) is 3.39. The maximum Gasteiger partial charge on any atom is 0.261 e. The van der Waals surface area contributed by atoms with Gasteiger partial charge in [0.1, 0.15) is 11.2 Å². The predicted molar refractivity (Wildman–Crippen MR) is 95.8 cm³/mol. The van der Waals surface area contributed by atoms with Crippen LogP contribution in [0, 0.1) is 0 Å². The maximum absolute atomic E-state index is 12.6. The molecule has 1 amide bonds. The van der Waals surface area contributed by atoms with Crippen LogP contribution >= 0.6 is 0 Å². The summed E-state index contributed by atoms with van der Waals surface area (Å²) in [5.74, 6) is -0.407. The van der Waals surface area contributed by atoms with Crippen molar-refractivity contribution in [2.24, 2.45) is 14.1 Å². The number of rotatable bonds is 2. The number of carbonyl (C=O) groups is 1. The Labute approximate surface area is 144 Å². The molecule has 7 nitrogen and oxygen atoms in total. The Hall–Kier alpha value is -2.93. The maximum atomic E-state index is 12.6. The van der Waals surface area contributed by atoms with E-state index in [2.05, 4.69) is 15.7 Å². The predicted octanol–water partition coefficient (Wildman–Crippen LogP) is 1.17. The number of nitrogens with one attached hydrogen (secondary N) is 2. The standard InChI is InChI=1S/C18H19N5O2/c1-22-10-15(16(24)14-9-20-23(2)18(14)22)17(25)21-13-4-3-11-5-6-19-8-12(11)7-13/h3-4,7,9-10,19H,5-6,8H2,1-2H3,(H,21,25). The van der Waals surface area contributed by atoms with Gasteiger partial charge in [0.2, 0.25) is 5.43 Å². The van der Waals surface area contributed by atoms with Gasteiger partial charge in [-0.15, -0.1) is 0 Å². The first-order valence-corrected chi connectivity index (χ1v) is 8.20. The van der Waals surface area contributed by atoms with Gasteiger partial charge in [0, 0.05) is 32.5 Å². The van der Waals surface area contributed by atoms with Gasteiger partial charge in [-0.3, -0.25) is 14.3 Å². The summed E-state index contributed by atoms with van der Waals surface area (Å²) in [7, 11) is 3.56. The molecule has 7 heteroatoms. The van der Waals surface area contributed by atoms with Crippen molar-refractivity contribution in [3.63, 3.8) is 0 Å². The molecule has 0 spiro atoms. The third-order valence-corrected chi connectivity index (χ3v) is 4.65. The molecule has 2 N–H and O–H groups in total. The monoisotopic (exact) mass is 337 g/mol. The second kappa shape index (κ2) is 5.86. The summed E-state index contributed by atoms with van der Waals surface area (Å²) in [6, 6.07) is 5.88. The molecule has 0 saturated carbocycles. The number of anilines is 1. The van der Waals surface area contributed by atoms with E-state index in [4.69, 9.17) is 0 Å². The van der Waals surface area contributed by atoms with Gasteiger partial charge in [0.25, 0.3) is 5.91 Å². The normalized spacial score (nSPS) is 13.7. The van der Waals surface area contributed by atoms with E-state index in [1.165, 1.54) is 17.3 Å². The molecular formula is C18H19N5O2. The molecule has 3 aromatic rings. The first kappa shape index (κ1) is 15.6. The van der Waals surface area contributed by atoms with Gasteiger partial charge in [-0.2, -0.15) is 5.10 Å². The molecule has 0 unspecified atom stereocenters.